The van der Waals surface area contributed by atoms with Crippen LogP contribution in [0.1, 0.15) is 29.3 Å². The number of alkyl halides is 1. The highest BCUT2D eigenvalue weighted by Gasteiger charge is 2.11. The highest BCUT2D eigenvalue weighted by atomic mass is 79.9. The molecule has 0 spiro atoms. The third-order valence-electron chi connectivity index (χ3n) is 2.08. The van der Waals surface area contributed by atoms with Gasteiger partial charge in [-0.3, -0.25) is 0 Å². The average Bonchev–Trinajstić information content (AvgIpc) is 2.30. The Morgan fingerprint density at radius 3 is 2.94 bits per heavy atom. The lowest BCUT2D eigenvalue weighted by Gasteiger charge is -2.05. The lowest BCUT2D eigenvalue weighted by molar-refractivity contribution is 0.0526. The molecule has 1 rings (SSSR count). The van der Waals surface area contributed by atoms with Gasteiger partial charge in [0.2, 0.25) is 0 Å². The van der Waals surface area contributed by atoms with Gasteiger partial charge in [-0.15, -0.1) is 0 Å². The first kappa shape index (κ1) is 13.9. The van der Waals surface area contributed by atoms with Crippen molar-refractivity contribution in [3.8, 4) is 0 Å². The van der Waals surface area contributed by atoms with Gasteiger partial charge in [-0.2, -0.15) is 0 Å². The number of hydrogen-bond acceptors (Lipinski definition) is 2. The molecule has 0 bridgehead atoms. The number of carbonyl (C=O) groups excluding carboxylic acids is 1. The molecule has 0 aliphatic carbocycles. The number of ether oxygens (including phenoxy) is 1. The molecule has 0 unspecified atom stereocenters. The zero-order valence-electron chi connectivity index (χ0n) is 9.58. The molecule has 0 aromatic heterocycles. The van der Waals surface area contributed by atoms with E-state index in [1.165, 1.54) is 18.2 Å². The zero-order chi connectivity index (χ0) is 12.7. The van der Waals surface area contributed by atoms with Crippen molar-refractivity contribution in [2.24, 2.45) is 0 Å². The molecule has 17 heavy (non-hydrogen) atoms. The maximum Gasteiger partial charge on any atom is 0.338 e. The van der Waals surface area contributed by atoms with E-state index in [0.717, 1.165) is 11.8 Å². The molecule has 4 heteroatoms. The van der Waals surface area contributed by atoms with E-state index in [2.05, 4.69) is 15.9 Å². The minimum absolute atomic E-state index is 0.306. The molecular formula is C13H14BrFO2. The van der Waals surface area contributed by atoms with Crippen LogP contribution in [0.3, 0.4) is 0 Å². The monoisotopic (exact) mass is 300 g/mol. The van der Waals surface area contributed by atoms with Gasteiger partial charge in [-0.1, -0.05) is 28.1 Å². The zero-order valence-corrected chi connectivity index (χ0v) is 11.2. The Morgan fingerprint density at radius 2 is 2.29 bits per heavy atom. The van der Waals surface area contributed by atoms with Crippen molar-refractivity contribution in [1.29, 1.82) is 0 Å². The second kappa shape index (κ2) is 7.22. The number of hydrogen-bond donors (Lipinski definition) is 0. The van der Waals surface area contributed by atoms with Crippen LogP contribution in [0, 0.1) is 5.82 Å². The Labute approximate surface area is 109 Å². The fourth-order valence-electron chi connectivity index (χ4n) is 1.34. The summed E-state index contributed by atoms with van der Waals surface area (Å²) in [6.45, 7) is 2.04. The van der Waals surface area contributed by atoms with Gasteiger partial charge < -0.3 is 4.74 Å². The van der Waals surface area contributed by atoms with Crippen molar-refractivity contribution in [2.45, 2.75) is 13.3 Å². The van der Waals surface area contributed by atoms with Crippen LogP contribution in [-0.2, 0) is 4.74 Å². The van der Waals surface area contributed by atoms with Gasteiger partial charge in [0.1, 0.15) is 5.82 Å². The summed E-state index contributed by atoms with van der Waals surface area (Å²) >= 11 is 3.29. The van der Waals surface area contributed by atoms with E-state index in [1.807, 2.05) is 6.08 Å². The molecule has 0 heterocycles. The normalized spacial score (nSPS) is 10.8. The minimum atomic E-state index is -0.425. The van der Waals surface area contributed by atoms with Crippen LogP contribution in [0.2, 0.25) is 0 Å². The molecule has 0 fully saturated rings. The van der Waals surface area contributed by atoms with Crippen molar-refractivity contribution in [1.82, 2.24) is 0 Å². The Hall–Kier alpha value is -1.16. The van der Waals surface area contributed by atoms with E-state index in [1.54, 1.807) is 13.0 Å². The number of allylic oxidation sites excluding steroid dienone is 1. The summed E-state index contributed by atoms with van der Waals surface area (Å²) in [5, 5.41) is 0.827. The largest absolute Gasteiger partial charge is 0.462 e. The van der Waals surface area contributed by atoms with Gasteiger partial charge >= 0.3 is 5.97 Å². The van der Waals surface area contributed by atoms with Gasteiger partial charge in [0, 0.05) is 5.33 Å². The first-order valence-corrected chi connectivity index (χ1v) is 6.50. The van der Waals surface area contributed by atoms with Crippen LogP contribution in [0.4, 0.5) is 4.39 Å². The maximum atomic E-state index is 13.1. The summed E-state index contributed by atoms with van der Waals surface area (Å²) in [4.78, 5) is 11.6. The predicted molar refractivity (Wildman–Crippen MR) is 69.8 cm³/mol. The quantitative estimate of drug-likeness (QED) is 0.611. The molecular weight excluding hydrogens is 287 g/mol. The Bertz CT molecular complexity index is 416. The third kappa shape index (κ3) is 4.30. The first-order valence-electron chi connectivity index (χ1n) is 5.38. The van der Waals surface area contributed by atoms with Gasteiger partial charge in [-0.25, -0.2) is 9.18 Å². The molecule has 0 amide bonds. The van der Waals surface area contributed by atoms with Crippen LogP contribution in [-0.4, -0.2) is 17.9 Å². The summed E-state index contributed by atoms with van der Waals surface area (Å²) in [7, 11) is 0. The van der Waals surface area contributed by atoms with Crippen molar-refractivity contribution in [3.63, 3.8) is 0 Å². The number of halogens is 2. The fraction of sp³-hybridized carbons (Fsp3) is 0.308. The minimum Gasteiger partial charge on any atom is -0.462 e. The summed E-state index contributed by atoms with van der Waals surface area (Å²) in [6.07, 6.45) is 4.43. The van der Waals surface area contributed by atoms with Gasteiger partial charge in [-0.05, 0) is 37.1 Å². The maximum absolute atomic E-state index is 13.1. The second-order valence-corrected chi connectivity index (χ2v) is 4.13. The summed E-state index contributed by atoms with van der Waals surface area (Å²) < 4.78 is 18.0. The van der Waals surface area contributed by atoms with Crippen molar-refractivity contribution in [3.05, 3.63) is 41.2 Å². The molecule has 0 saturated heterocycles. The molecule has 0 radical (unpaired) electrons. The van der Waals surface area contributed by atoms with Gasteiger partial charge in [0.15, 0.2) is 0 Å². The Kier molecular flexibility index (Phi) is 5.91. The molecule has 0 atom stereocenters. The smallest absolute Gasteiger partial charge is 0.338 e. The first-order chi connectivity index (χ1) is 8.19. The van der Waals surface area contributed by atoms with E-state index >= 15 is 0 Å². The molecule has 0 N–H and O–H groups in total. The Balaban J connectivity index is 2.99. The fourth-order valence-corrected chi connectivity index (χ4v) is 1.60. The molecule has 1 aromatic carbocycles. The van der Waals surface area contributed by atoms with Crippen LogP contribution in [0.5, 0.6) is 0 Å². The predicted octanol–water partition coefficient (Wildman–Crippen LogP) is 3.80. The Morgan fingerprint density at radius 1 is 1.53 bits per heavy atom. The van der Waals surface area contributed by atoms with Crippen LogP contribution in [0.15, 0.2) is 24.3 Å². The SMILES string of the molecule is CCOC(=O)c1ccc(F)cc1C=CCCBr. The lowest BCUT2D eigenvalue weighted by atomic mass is 10.1. The van der Waals surface area contributed by atoms with E-state index in [-0.39, 0.29) is 5.82 Å². The summed E-state index contributed by atoms with van der Waals surface area (Å²) in [6, 6.07) is 4.03. The van der Waals surface area contributed by atoms with Crippen molar-refractivity contribution in [2.75, 3.05) is 11.9 Å². The number of carbonyl (C=O) groups is 1. The van der Waals surface area contributed by atoms with Crippen LogP contribution < -0.4 is 0 Å². The molecule has 1 aromatic rings. The van der Waals surface area contributed by atoms with Crippen LogP contribution in [0.25, 0.3) is 6.08 Å². The summed E-state index contributed by atoms with van der Waals surface area (Å²) in [5.41, 5.74) is 0.934. The summed E-state index contributed by atoms with van der Waals surface area (Å²) in [5.74, 6) is -0.789. The van der Waals surface area contributed by atoms with Crippen LogP contribution >= 0.6 is 15.9 Å². The topological polar surface area (TPSA) is 26.3 Å². The number of benzene rings is 1. The van der Waals surface area contributed by atoms with Gasteiger partial charge in [0.05, 0.1) is 12.2 Å². The molecule has 0 aliphatic rings. The van der Waals surface area contributed by atoms with E-state index in [0.29, 0.717) is 17.7 Å². The third-order valence-corrected chi connectivity index (χ3v) is 2.54. The van der Waals surface area contributed by atoms with E-state index in [9.17, 15) is 9.18 Å². The molecule has 0 aliphatic heterocycles. The van der Waals surface area contributed by atoms with Crippen molar-refractivity contribution >= 4 is 28.0 Å². The highest BCUT2D eigenvalue weighted by Crippen LogP contribution is 2.15. The molecule has 2 nitrogen and oxygen atoms in total. The van der Waals surface area contributed by atoms with Crippen molar-refractivity contribution < 1.29 is 13.9 Å². The highest BCUT2D eigenvalue weighted by molar-refractivity contribution is 9.09. The average molecular weight is 301 g/mol. The standard InChI is InChI=1S/C13H14BrFO2/c1-2-17-13(16)12-7-6-11(15)9-10(12)5-3-4-8-14/h3,5-7,9H,2,4,8H2,1H3. The second-order valence-electron chi connectivity index (χ2n) is 3.33. The molecule has 92 valence electrons. The molecule has 0 saturated carbocycles. The van der Waals surface area contributed by atoms with E-state index in [4.69, 9.17) is 4.74 Å². The van der Waals surface area contributed by atoms with Gasteiger partial charge in [0.25, 0.3) is 0 Å². The number of esters is 1. The number of rotatable bonds is 5. The van der Waals surface area contributed by atoms with E-state index < -0.39 is 5.97 Å². The lowest BCUT2D eigenvalue weighted by Crippen LogP contribution is -2.06.